The van der Waals surface area contributed by atoms with Gasteiger partial charge in [0.05, 0.1) is 4.47 Å². The minimum atomic E-state index is -0.193. The van der Waals surface area contributed by atoms with Crippen molar-refractivity contribution < 1.29 is 4.39 Å². The highest BCUT2D eigenvalue weighted by molar-refractivity contribution is 9.10. The van der Waals surface area contributed by atoms with Crippen LogP contribution in [0.15, 0.2) is 22.7 Å². The van der Waals surface area contributed by atoms with Crippen molar-refractivity contribution in [3.8, 4) is 0 Å². The molecule has 1 fully saturated rings. The lowest BCUT2D eigenvalue weighted by atomic mass is 10.0. The third kappa shape index (κ3) is 3.53. The second-order valence-corrected chi connectivity index (χ2v) is 5.67. The van der Waals surface area contributed by atoms with E-state index in [4.69, 9.17) is 0 Å². The van der Waals surface area contributed by atoms with Gasteiger partial charge in [0.25, 0.3) is 0 Å². The van der Waals surface area contributed by atoms with Crippen LogP contribution in [0.3, 0.4) is 0 Å². The molecule has 18 heavy (non-hydrogen) atoms. The zero-order valence-corrected chi connectivity index (χ0v) is 12.3. The van der Waals surface area contributed by atoms with Crippen LogP contribution in [0.5, 0.6) is 0 Å². The van der Waals surface area contributed by atoms with E-state index in [-0.39, 0.29) is 5.82 Å². The van der Waals surface area contributed by atoms with Gasteiger partial charge in [-0.15, -0.1) is 0 Å². The molecule has 1 saturated heterocycles. The van der Waals surface area contributed by atoms with Crippen LogP contribution in [0.25, 0.3) is 0 Å². The van der Waals surface area contributed by atoms with Gasteiger partial charge in [0.15, 0.2) is 0 Å². The first-order valence-electron chi connectivity index (χ1n) is 6.59. The Morgan fingerprint density at radius 2 is 2.33 bits per heavy atom. The Labute approximate surface area is 117 Å². The highest BCUT2D eigenvalue weighted by atomic mass is 79.9. The second-order valence-electron chi connectivity index (χ2n) is 4.81. The molecule has 2 nitrogen and oxygen atoms in total. The predicted molar refractivity (Wildman–Crippen MR) is 76.1 cm³/mol. The number of likely N-dealkylation sites (N-methyl/N-ethyl adjacent to an activating group) is 1. The maximum atomic E-state index is 13.2. The number of nitrogens with zero attached hydrogens (tertiary/aromatic N) is 1. The highest BCUT2D eigenvalue weighted by Gasteiger charge is 2.19. The van der Waals surface area contributed by atoms with Crippen LogP contribution in [0, 0.1) is 5.82 Å². The summed E-state index contributed by atoms with van der Waals surface area (Å²) in [7, 11) is 0. The van der Waals surface area contributed by atoms with E-state index in [0.29, 0.717) is 10.5 Å². The number of rotatable bonds is 4. The first-order valence-corrected chi connectivity index (χ1v) is 7.38. The van der Waals surface area contributed by atoms with Crippen LogP contribution in [0.2, 0.25) is 0 Å². The molecule has 4 heteroatoms. The van der Waals surface area contributed by atoms with E-state index in [0.717, 1.165) is 31.7 Å². The summed E-state index contributed by atoms with van der Waals surface area (Å²) in [6.07, 6.45) is 2.50. The van der Waals surface area contributed by atoms with E-state index in [2.05, 4.69) is 33.1 Å². The highest BCUT2D eigenvalue weighted by Crippen LogP contribution is 2.19. The summed E-state index contributed by atoms with van der Waals surface area (Å²) in [5.74, 6) is -0.193. The fourth-order valence-electron chi connectivity index (χ4n) is 2.52. The minimum Gasteiger partial charge on any atom is -0.315 e. The van der Waals surface area contributed by atoms with Gasteiger partial charge in [0.1, 0.15) is 5.82 Å². The largest absolute Gasteiger partial charge is 0.315 e. The van der Waals surface area contributed by atoms with Gasteiger partial charge in [-0.1, -0.05) is 13.0 Å². The van der Waals surface area contributed by atoms with Crippen molar-refractivity contribution >= 4 is 15.9 Å². The van der Waals surface area contributed by atoms with E-state index in [1.807, 2.05) is 12.1 Å². The molecule has 0 spiro atoms. The van der Waals surface area contributed by atoms with Crippen LogP contribution in [0.4, 0.5) is 4.39 Å². The van der Waals surface area contributed by atoms with Crippen molar-refractivity contribution in [3.63, 3.8) is 0 Å². The van der Waals surface area contributed by atoms with E-state index in [1.165, 1.54) is 18.9 Å². The third-order valence-electron chi connectivity index (χ3n) is 3.56. The van der Waals surface area contributed by atoms with Gasteiger partial charge in [-0.2, -0.15) is 0 Å². The maximum absolute atomic E-state index is 13.2. The van der Waals surface area contributed by atoms with Crippen molar-refractivity contribution in [1.29, 1.82) is 0 Å². The summed E-state index contributed by atoms with van der Waals surface area (Å²) in [4.78, 5) is 2.46. The molecule has 1 unspecified atom stereocenters. The molecule has 1 aromatic carbocycles. The second kappa shape index (κ2) is 6.64. The Morgan fingerprint density at radius 1 is 1.50 bits per heavy atom. The minimum absolute atomic E-state index is 0.193. The average Bonchev–Trinajstić information content (AvgIpc) is 2.41. The molecule has 1 heterocycles. The first kappa shape index (κ1) is 14.0. The molecular weight excluding hydrogens is 295 g/mol. The SMILES string of the molecule is CCN(Cc1ccc(F)c(Br)c1)C1CCCNC1. The smallest absolute Gasteiger partial charge is 0.137 e. The fourth-order valence-corrected chi connectivity index (χ4v) is 2.94. The summed E-state index contributed by atoms with van der Waals surface area (Å²) < 4.78 is 13.8. The van der Waals surface area contributed by atoms with Crippen LogP contribution in [-0.2, 0) is 6.54 Å². The summed E-state index contributed by atoms with van der Waals surface area (Å²) in [5.41, 5.74) is 1.16. The molecule has 1 aliphatic heterocycles. The molecule has 1 aliphatic rings. The molecule has 100 valence electrons. The Bertz CT molecular complexity index is 391. The third-order valence-corrected chi connectivity index (χ3v) is 4.17. The summed E-state index contributed by atoms with van der Waals surface area (Å²) in [6, 6.07) is 5.90. The molecule has 2 rings (SSSR count). The summed E-state index contributed by atoms with van der Waals surface area (Å²) in [5, 5.41) is 3.44. The number of hydrogen-bond acceptors (Lipinski definition) is 2. The van der Waals surface area contributed by atoms with E-state index in [1.54, 1.807) is 0 Å². The van der Waals surface area contributed by atoms with Crippen molar-refractivity contribution in [1.82, 2.24) is 10.2 Å². The molecule has 1 N–H and O–H groups in total. The Balaban J connectivity index is 2.02. The number of benzene rings is 1. The molecule has 0 aromatic heterocycles. The van der Waals surface area contributed by atoms with Crippen LogP contribution in [-0.4, -0.2) is 30.6 Å². The number of piperidine rings is 1. The number of halogens is 2. The van der Waals surface area contributed by atoms with Crippen molar-refractivity contribution in [3.05, 3.63) is 34.1 Å². The molecule has 0 bridgehead atoms. The lowest BCUT2D eigenvalue weighted by Crippen LogP contribution is -2.45. The van der Waals surface area contributed by atoms with Crippen LogP contribution < -0.4 is 5.32 Å². The van der Waals surface area contributed by atoms with Gasteiger partial charge in [0, 0.05) is 19.1 Å². The van der Waals surface area contributed by atoms with Gasteiger partial charge >= 0.3 is 0 Å². The monoisotopic (exact) mass is 314 g/mol. The average molecular weight is 315 g/mol. The maximum Gasteiger partial charge on any atom is 0.137 e. The van der Waals surface area contributed by atoms with Gasteiger partial charge < -0.3 is 5.32 Å². The molecule has 0 radical (unpaired) electrons. The quantitative estimate of drug-likeness (QED) is 0.918. The fraction of sp³-hybridized carbons (Fsp3) is 0.571. The van der Waals surface area contributed by atoms with Gasteiger partial charge in [-0.05, 0) is 59.6 Å². The number of hydrogen-bond donors (Lipinski definition) is 1. The molecule has 1 aromatic rings. The molecule has 1 atom stereocenters. The molecular formula is C14H20BrFN2. The van der Waals surface area contributed by atoms with Gasteiger partial charge in [-0.25, -0.2) is 4.39 Å². The van der Waals surface area contributed by atoms with Crippen molar-refractivity contribution in [2.45, 2.75) is 32.4 Å². The van der Waals surface area contributed by atoms with E-state index in [9.17, 15) is 4.39 Å². The van der Waals surface area contributed by atoms with E-state index < -0.39 is 0 Å². The number of nitrogens with one attached hydrogen (secondary N) is 1. The van der Waals surface area contributed by atoms with Gasteiger partial charge in [-0.3, -0.25) is 4.90 Å². The molecule has 0 saturated carbocycles. The van der Waals surface area contributed by atoms with Crippen molar-refractivity contribution in [2.75, 3.05) is 19.6 Å². The van der Waals surface area contributed by atoms with E-state index >= 15 is 0 Å². The van der Waals surface area contributed by atoms with Crippen molar-refractivity contribution in [2.24, 2.45) is 0 Å². The Morgan fingerprint density at radius 3 is 2.94 bits per heavy atom. The predicted octanol–water partition coefficient (Wildman–Crippen LogP) is 3.16. The zero-order chi connectivity index (χ0) is 13.0. The lowest BCUT2D eigenvalue weighted by Gasteiger charge is -2.34. The normalized spacial score (nSPS) is 20.3. The van der Waals surface area contributed by atoms with Crippen LogP contribution >= 0.6 is 15.9 Å². The standard InChI is InChI=1S/C14H20BrFN2/c1-2-18(12-4-3-7-17-9-12)10-11-5-6-14(16)13(15)8-11/h5-6,8,12,17H,2-4,7,9-10H2,1H3. The zero-order valence-electron chi connectivity index (χ0n) is 10.8. The summed E-state index contributed by atoms with van der Waals surface area (Å²) in [6.45, 7) is 6.31. The van der Waals surface area contributed by atoms with Gasteiger partial charge in [0.2, 0.25) is 0 Å². The molecule has 0 aliphatic carbocycles. The summed E-state index contributed by atoms with van der Waals surface area (Å²) >= 11 is 3.25. The topological polar surface area (TPSA) is 15.3 Å². The molecule has 0 amide bonds. The first-order chi connectivity index (χ1) is 8.70. The Hall–Kier alpha value is -0.450. The lowest BCUT2D eigenvalue weighted by molar-refractivity contribution is 0.166. The Kier molecular flexibility index (Phi) is 5.15. The van der Waals surface area contributed by atoms with Crippen LogP contribution in [0.1, 0.15) is 25.3 Å².